The van der Waals surface area contributed by atoms with Gasteiger partial charge < -0.3 is 40.2 Å². The maximum absolute atomic E-state index is 13.5. The van der Waals surface area contributed by atoms with E-state index >= 15 is 0 Å². The molecule has 3 aromatic rings. The normalized spacial score (nSPS) is 12.4. The zero-order chi connectivity index (χ0) is 38.9. The van der Waals surface area contributed by atoms with Crippen LogP contribution in [-0.4, -0.2) is 82.7 Å². The number of unbranched alkanes of at least 4 members (excludes halogenated alkanes) is 2. The molecule has 3 atom stereocenters. The Morgan fingerprint density at radius 2 is 1.64 bits per heavy atom. The van der Waals surface area contributed by atoms with Crippen molar-refractivity contribution < 1.29 is 57.8 Å². The van der Waals surface area contributed by atoms with Crippen LogP contribution in [0.2, 0.25) is 0 Å². The van der Waals surface area contributed by atoms with Crippen LogP contribution in [-0.2, 0) is 24.0 Å². The molecule has 2 aromatic carbocycles. The summed E-state index contributed by atoms with van der Waals surface area (Å²) in [7, 11) is 0. The maximum Gasteiger partial charge on any atom is 0.363 e. The standard InChI is InChI=1S/C37H44N4O12/c1-4-7-9-14-25(28(5-2)41(22-42)53-37(50)23-12-10-8-11-13-23)33(45)38-21-39-35(47)30-18-17-29(52-30)24-15-16-26(31(19-24)51-6-3)34(46)40-27(36(48)49)20-32(43)44/h8,10-13,15-19,22,25,27-28H,4-7,9,14,20-21H2,1-3H3,(H,38,45)(H,39,47)(H,40,46)(H,43,44)(H,48,49)/t25?,27?,28-/m1/s1. The molecule has 16 heteroatoms. The third-order valence-electron chi connectivity index (χ3n) is 8.10. The van der Waals surface area contributed by atoms with Crippen LogP contribution in [0.5, 0.6) is 5.75 Å². The summed E-state index contributed by atoms with van der Waals surface area (Å²) in [5.41, 5.74) is 0.604. The highest BCUT2D eigenvalue weighted by molar-refractivity contribution is 6.00. The van der Waals surface area contributed by atoms with Gasteiger partial charge in [-0.3, -0.25) is 24.0 Å². The molecular formula is C37H44N4O12. The largest absolute Gasteiger partial charge is 0.493 e. The molecular weight excluding hydrogens is 692 g/mol. The van der Waals surface area contributed by atoms with E-state index in [-0.39, 0.29) is 41.7 Å². The molecule has 0 spiro atoms. The van der Waals surface area contributed by atoms with Crippen molar-refractivity contribution in [2.24, 2.45) is 5.92 Å². The van der Waals surface area contributed by atoms with Gasteiger partial charge in [-0.25, -0.2) is 9.59 Å². The first-order valence-corrected chi connectivity index (χ1v) is 17.1. The number of amides is 4. The number of nitrogens with one attached hydrogen (secondary N) is 3. The molecule has 0 radical (unpaired) electrons. The highest BCUT2D eigenvalue weighted by Crippen LogP contribution is 2.29. The lowest BCUT2D eigenvalue weighted by Crippen LogP contribution is -2.49. The van der Waals surface area contributed by atoms with Crippen LogP contribution in [0.15, 0.2) is 65.1 Å². The number of hydrogen-bond donors (Lipinski definition) is 5. The Bertz CT molecular complexity index is 1740. The second kappa shape index (κ2) is 20.6. The van der Waals surface area contributed by atoms with E-state index in [1.54, 1.807) is 44.2 Å². The number of hydrogen-bond acceptors (Lipinski definition) is 10. The number of carboxylic acids is 2. The SMILES string of the molecule is CCCCCC(C(=O)NCNC(=O)c1ccc(-c2ccc(C(=O)NC(CC(=O)O)C(=O)O)c(OCC)c2)o1)[C@@H](CC)N(C=O)OC(=O)c1ccccc1. The van der Waals surface area contributed by atoms with Crippen LogP contribution < -0.4 is 20.7 Å². The molecule has 16 nitrogen and oxygen atoms in total. The van der Waals surface area contributed by atoms with E-state index in [9.17, 15) is 38.7 Å². The van der Waals surface area contributed by atoms with Crippen LogP contribution in [0.25, 0.3) is 11.3 Å². The van der Waals surface area contributed by atoms with Crippen LogP contribution in [0.4, 0.5) is 0 Å². The zero-order valence-electron chi connectivity index (χ0n) is 29.7. The van der Waals surface area contributed by atoms with E-state index in [0.717, 1.165) is 17.9 Å². The van der Waals surface area contributed by atoms with E-state index in [2.05, 4.69) is 16.0 Å². The minimum Gasteiger partial charge on any atom is -0.493 e. The van der Waals surface area contributed by atoms with Crippen molar-refractivity contribution in [2.75, 3.05) is 13.3 Å². The number of hydroxylamine groups is 2. The van der Waals surface area contributed by atoms with Gasteiger partial charge in [-0.05, 0) is 56.2 Å². The van der Waals surface area contributed by atoms with Crippen molar-refractivity contribution in [3.63, 3.8) is 0 Å². The highest BCUT2D eigenvalue weighted by atomic mass is 16.7. The number of nitrogens with zero attached hydrogens (tertiary/aromatic N) is 1. The number of ether oxygens (including phenoxy) is 1. The second-order valence-electron chi connectivity index (χ2n) is 11.8. The highest BCUT2D eigenvalue weighted by Gasteiger charge is 2.34. The van der Waals surface area contributed by atoms with E-state index in [1.807, 2.05) is 6.92 Å². The van der Waals surface area contributed by atoms with Gasteiger partial charge in [0.1, 0.15) is 17.6 Å². The summed E-state index contributed by atoms with van der Waals surface area (Å²) in [6.45, 7) is 5.31. The van der Waals surface area contributed by atoms with Gasteiger partial charge in [0.15, 0.2) is 5.76 Å². The van der Waals surface area contributed by atoms with Gasteiger partial charge in [0.2, 0.25) is 12.3 Å². The fourth-order valence-electron chi connectivity index (χ4n) is 5.44. The molecule has 2 unspecified atom stereocenters. The summed E-state index contributed by atoms with van der Waals surface area (Å²) in [6.07, 6.45) is 2.65. The van der Waals surface area contributed by atoms with Gasteiger partial charge in [0, 0.05) is 5.56 Å². The van der Waals surface area contributed by atoms with Crippen LogP contribution in [0, 0.1) is 5.92 Å². The number of benzene rings is 2. The van der Waals surface area contributed by atoms with Crippen molar-refractivity contribution in [3.8, 4) is 17.1 Å². The molecule has 5 N–H and O–H groups in total. The first kappa shape index (κ1) is 41.2. The van der Waals surface area contributed by atoms with Gasteiger partial charge in [-0.15, -0.1) is 0 Å². The fraction of sp³-hybridized carbons (Fsp3) is 0.378. The number of rotatable bonds is 22. The Morgan fingerprint density at radius 3 is 2.26 bits per heavy atom. The average molecular weight is 737 g/mol. The second-order valence-corrected chi connectivity index (χ2v) is 11.8. The molecule has 0 saturated heterocycles. The summed E-state index contributed by atoms with van der Waals surface area (Å²) in [5.74, 6) is -6.21. The number of carboxylic acid groups (broad SMARTS) is 2. The molecule has 0 aliphatic rings. The Morgan fingerprint density at radius 1 is 0.906 bits per heavy atom. The predicted octanol–water partition coefficient (Wildman–Crippen LogP) is 4.01. The van der Waals surface area contributed by atoms with E-state index < -0.39 is 60.1 Å². The summed E-state index contributed by atoms with van der Waals surface area (Å²) in [6, 6.07) is 12.9. The molecule has 0 bridgehead atoms. The summed E-state index contributed by atoms with van der Waals surface area (Å²) >= 11 is 0. The maximum atomic E-state index is 13.5. The van der Waals surface area contributed by atoms with Crippen molar-refractivity contribution in [1.82, 2.24) is 21.0 Å². The van der Waals surface area contributed by atoms with Crippen LogP contribution in [0.1, 0.15) is 90.6 Å². The Kier molecular flexibility index (Phi) is 16.0. The zero-order valence-corrected chi connectivity index (χ0v) is 29.7. The molecule has 0 saturated carbocycles. The molecule has 0 aliphatic heterocycles. The first-order chi connectivity index (χ1) is 25.4. The minimum absolute atomic E-state index is 0.0450. The van der Waals surface area contributed by atoms with E-state index in [4.69, 9.17) is 19.1 Å². The molecule has 1 heterocycles. The summed E-state index contributed by atoms with van der Waals surface area (Å²) in [5, 5.41) is 26.6. The van der Waals surface area contributed by atoms with Crippen molar-refractivity contribution in [2.45, 2.75) is 71.4 Å². The van der Waals surface area contributed by atoms with Gasteiger partial charge in [-0.1, -0.05) is 57.4 Å². The predicted molar refractivity (Wildman–Crippen MR) is 188 cm³/mol. The first-order valence-electron chi connectivity index (χ1n) is 17.1. The Hall–Kier alpha value is -6.19. The van der Waals surface area contributed by atoms with Crippen molar-refractivity contribution >= 4 is 42.0 Å². The molecule has 284 valence electrons. The third-order valence-corrected chi connectivity index (χ3v) is 8.10. The fourth-order valence-corrected chi connectivity index (χ4v) is 5.44. The average Bonchev–Trinajstić information content (AvgIpc) is 3.64. The molecule has 1 aromatic heterocycles. The topological polar surface area (TPSA) is 231 Å². The third kappa shape index (κ3) is 11.9. The monoisotopic (exact) mass is 736 g/mol. The lowest BCUT2D eigenvalue weighted by Gasteiger charge is -2.31. The lowest BCUT2D eigenvalue weighted by molar-refractivity contribution is -0.171. The lowest BCUT2D eigenvalue weighted by atomic mass is 9.90. The van der Waals surface area contributed by atoms with Gasteiger partial charge in [0.05, 0.1) is 42.8 Å². The Labute approximate surface area is 305 Å². The van der Waals surface area contributed by atoms with Crippen LogP contribution in [0.3, 0.4) is 0 Å². The van der Waals surface area contributed by atoms with Gasteiger partial charge in [0.25, 0.3) is 11.8 Å². The van der Waals surface area contributed by atoms with Crippen molar-refractivity contribution in [3.05, 3.63) is 77.6 Å². The van der Waals surface area contributed by atoms with Gasteiger partial charge >= 0.3 is 17.9 Å². The van der Waals surface area contributed by atoms with E-state index in [0.29, 0.717) is 31.2 Å². The molecule has 0 fully saturated rings. The van der Waals surface area contributed by atoms with E-state index in [1.165, 1.54) is 30.3 Å². The summed E-state index contributed by atoms with van der Waals surface area (Å²) in [4.78, 5) is 91.9. The molecule has 3 rings (SSSR count). The quantitative estimate of drug-likeness (QED) is 0.0426. The Balaban J connectivity index is 1.68. The number of carbonyl (C=O) groups excluding carboxylic acids is 5. The molecule has 53 heavy (non-hydrogen) atoms. The van der Waals surface area contributed by atoms with Crippen LogP contribution >= 0.6 is 0 Å². The smallest absolute Gasteiger partial charge is 0.363 e. The molecule has 4 amide bonds. The van der Waals surface area contributed by atoms with Crippen molar-refractivity contribution in [1.29, 1.82) is 0 Å². The minimum atomic E-state index is -1.67. The number of aliphatic carboxylic acids is 2. The molecule has 0 aliphatic carbocycles. The number of furan rings is 1. The number of carbonyl (C=O) groups is 7. The van der Waals surface area contributed by atoms with Gasteiger partial charge in [-0.2, -0.15) is 5.06 Å². The summed E-state index contributed by atoms with van der Waals surface area (Å²) < 4.78 is 11.3.